The smallest absolute Gasteiger partial charge is 0.0797 e. The molecular weight excluding hydrogens is 200 g/mol. The Labute approximate surface area is 97.7 Å². The molecule has 82 valence electrons. The van der Waals surface area contributed by atoms with Crippen LogP contribution in [0.1, 0.15) is 55.9 Å². The number of unbranched alkanes of at least 4 members (excludes halogenated alkanes) is 5. The summed E-state index contributed by atoms with van der Waals surface area (Å²) in [5.74, 6) is 2.76. The summed E-state index contributed by atoms with van der Waals surface area (Å²) in [4.78, 5) is 1.13. The fourth-order valence-electron chi connectivity index (χ4n) is 1.75. The van der Waals surface area contributed by atoms with Crippen LogP contribution >= 0.6 is 11.3 Å². The van der Waals surface area contributed by atoms with E-state index in [1.165, 1.54) is 44.1 Å². The van der Waals surface area contributed by atoms with Crippen LogP contribution in [0.5, 0.6) is 0 Å². The van der Waals surface area contributed by atoms with E-state index in [1.54, 1.807) is 11.3 Å². The van der Waals surface area contributed by atoms with Gasteiger partial charge < -0.3 is 0 Å². The Morgan fingerprint density at radius 2 is 1.93 bits per heavy atom. The van der Waals surface area contributed by atoms with Crippen LogP contribution in [0.25, 0.3) is 0 Å². The molecule has 0 aliphatic carbocycles. The van der Waals surface area contributed by atoms with Crippen molar-refractivity contribution in [3.05, 3.63) is 21.9 Å². The van der Waals surface area contributed by atoms with E-state index >= 15 is 0 Å². The second-order valence-corrected chi connectivity index (χ2v) is 4.85. The monoisotopic (exact) mass is 220 g/mol. The summed E-state index contributed by atoms with van der Waals surface area (Å²) in [6, 6.07) is 2.17. The van der Waals surface area contributed by atoms with Crippen LogP contribution < -0.4 is 0 Å². The maximum atomic E-state index is 5.43. The molecule has 0 amide bonds. The fourth-order valence-corrected chi connectivity index (χ4v) is 2.51. The number of aryl methyl sites for hydroxylation is 1. The molecule has 0 saturated carbocycles. The zero-order chi connectivity index (χ0) is 10.9. The lowest BCUT2D eigenvalue weighted by Gasteiger charge is -2.00. The first-order valence-electron chi connectivity index (χ1n) is 5.91. The van der Waals surface area contributed by atoms with Crippen LogP contribution in [-0.4, -0.2) is 0 Å². The van der Waals surface area contributed by atoms with E-state index in [0.29, 0.717) is 0 Å². The molecule has 15 heavy (non-hydrogen) atoms. The molecule has 0 saturated heterocycles. The first-order chi connectivity index (χ1) is 7.38. The minimum absolute atomic E-state index is 1.13. The van der Waals surface area contributed by atoms with Gasteiger partial charge in [-0.05, 0) is 29.9 Å². The van der Waals surface area contributed by atoms with Gasteiger partial charge in [-0.1, -0.05) is 44.9 Å². The molecule has 0 N–H and O–H groups in total. The third-order valence-electron chi connectivity index (χ3n) is 2.68. The highest BCUT2D eigenvalue weighted by Crippen LogP contribution is 2.18. The summed E-state index contributed by atoms with van der Waals surface area (Å²) in [6.07, 6.45) is 14.7. The standard InChI is InChI=1S/C14H20S/c1-3-5-6-7-8-9-10-13-11-12-15-14(13)4-2/h2,11-12H,3,5-10H2,1H3. The number of thiophene rings is 1. The van der Waals surface area contributed by atoms with Gasteiger partial charge in [-0.2, -0.15) is 0 Å². The molecule has 0 radical (unpaired) electrons. The lowest BCUT2D eigenvalue weighted by Crippen LogP contribution is -1.86. The average molecular weight is 220 g/mol. The summed E-state index contributed by atoms with van der Waals surface area (Å²) in [5.41, 5.74) is 1.37. The first-order valence-corrected chi connectivity index (χ1v) is 6.79. The van der Waals surface area contributed by atoms with Crippen molar-refractivity contribution in [2.24, 2.45) is 0 Å². The Balaban J connectivity index is 2.13. The van der Waals surface area contributed by atoms with Crippen molar-refractivity contribution in [3.8, 4) is 12.3 Å². The molecule has 0 spiro atoms. The third-order valence-corrected chi connectivity index (χ3v) is 3.57. The molecule has 0 fully saturated rings. The van der Waals surface area contributed by atoms with Crippen molar-refractivity contribution in [1.29, 1.82) is 0 Å². The Kier molecular flexibility index (Phi) is 6.20. The summed E-state index contributed by atoms with van der Waals surface area (Å²) >= 11 is 1.69. The normalized spacial score (nSPS) is 10.1. The summed E-state index contributed by atoms with van der Waals surface area (Å²) in [6.45, 7) is 2.25. The van der Waals surface area contributed by atoms with Gasteiger partial charge in [0.05, 0.1) is 4.88 Å². The van der Waals surface area contributed by atoms with Gasteiger partial charge >= 0.3 is 0 Å². The molecule has 0 aliphatic rings. The highest BCUT2D eigenvalue weighted by Gasteiger charge is 2.00. The van der Waals surface area contributed by atoms with E-state index in [1.807, 2.05) is 0 Å². The molecule has 0 aromatic carbocycles. The first kappa shape index (κ1) is 12.3. The van der Waals surface area contributed by atoms with E-state index in [9.17, 15) is 0 Å². The molecule has 1 rings (SSSR count). The van der Waals surface area contributed by atoms with Crippen molar-refractivity contribution in [3.63, 3.8) is 0 Å². The predicted octanol–water partition coefficient (Wildman–Crippen LogP) is 4.63. The van der Waals surface area contributed by atoms with Crippen LogP contribution in [0.4, 0.5) is 0 Å². The van der Waals surface area contributed by atoms with Crippen molar-refractivity contribution < 1.29 is 0 Å². The Bertz CT molecular complexity index is 303. The third kappa shape index (κ3) is 4.53. The topological polar surface area (TPSA) is 0 Å². The Hall–Kier alpha value is -0.740. The van der Waals surface area contributed by atoms with Gasteiger partial charge in [0.2, 0.25) is 0 Å². The molecule has 1 heterocycles. The molecule has 0 atom stereocenters. The van der Waals surface area contributed by atoms with Crippen LogP contribution in [0.15, 0.2) is 11.4 Å². The summed E-state index contributed by atoms with van der Waals surface area (Å²) < 4.78 is 0. The van der Waals surface area contributed by atoms with Gasteiger partial charge in [-0.25, -0.2) is 0 Å². The number of terminal acetylenes is 1. The van der Waals surface area contributed by atoms with E-state index in [0.717, 1.165) is 11.3 Å². The van der Waals surface area contributed by atoms with E-state index < -0.39 is 0 Å². The highest BCUT2D eigenvalue weighted by molar-refractivity contribution is 7.10. The average Bonchev–Trinajstić information content (AvgIpc) is 2.70. The second-order valence-electron chi connectivity index (χ2n) is 3.94. The van der Waals surface area contributed by atoms with Crippen LogP contribution in [-0.2, 0) is 6.42 Å². The summed E-state index contributed by atoms with van der Waals surface area (Å²) in [7, 11) is 0. The minimum atomic E-state index is 1.13. The maximum Gasteiger partial charge on any atom is 0.0797 e. The Morgan fingerprint density at radius 3 is 2.67 bits per heavy atom. The van der Waals surface area contributed by atoms with Crippen molar-refractivity contribution in [1.82, 2.24) is 0 Å². The van der Waals surface area contributed by atoms with Crippen molar-refractivity contribution in [2.45, 2.75) is 51.9 Å². The fraction of sp³-hybridized carbons (Fsp3) is 0.571. The largest absolute Gasteiger partial charge is 0.135 e. The SMILES string of the molecule is C#Cc1sccc1CCCCCCCC. The zero-order valence-electron chi connectivity index (χ0n) is 9.59. The molecule has 0 nitrogen and oxygen atoms in total. The molecule has 1 aromatic heterocycles. The van der Waals surface area contributed by atoms with Gasteiger partial charge in [0.25, 0.3) is 0 Å². The van der Waals surface area contributed by atoms with Gasteiger partial charge in [-0.15, -0.1) is 17.8 Å². The molecule has 0 unspecified atom stereocenters. The van der Waals surface area contributed by atoms with Crippen molar-refractivity contribution in [2.75, 3.05) is 0 Å². The Morgan fingerprint density at radius 1 is 1.20 bits per heavy atom. The molecular formula is C14H20S. The van der Waals surface area contributed by atoms with Gasteiger partial charge in [-0.3, -0.25) is 0 Å². The van der Waals surface area contributed by atoms with Crippen molar-refractivity contribution >= 4 is 11.3 Å². The molecule has 1 aromatic rings. The van der Waals surface area contributed by atoms with E-state index in [-0.39, 0.29) is 0 Å². The zero-order valence-corrected chi connectivity index (χ0v) is 10.4. The van der Waals surface area contributed by atoms with Crippen LogP contribution in [0.2, 0.25) is 0 Å². The number of hydrogen-bond acceptors (Lipinski definition) is 1. The lowest BCUT2D eigenvalue weighted by molar-refractivity contribution is 0.607. The molecule has 0 aliphatic heterocycles. The maximum absolute atomic E-state index is 5.43. The lowest BCUT2D eigenvalue weighted by atomic mass is 10.1. The van der Waals surface area contributed by atoms with Gasteiger partial charge in [0, 0.05) is 0 Å². The van der Waals surface area contributed by atoms with E-state index in [4.69, 9.17) is 6.42 Å². The molecule has 1 heteroatoms. The van der Waals surface area contributed by atoms with Gasteiger partial charge in [0.15, 0.2) is 0 Å². The highest BCUT2D eigenvalue weighted by atomic mass is 32.1. The quantitative estimate of drug-likeness (QED) is 0.464. The second kappa shape index (κ2) is 7.54. The minimum Gasteiger partial charge on any atom is -0.135 e. The van der Waals surface area contributed by atoms with Gasteiger partial charge in [0.1, 0.15) is 0 Å². The molecule has 0 bridgehead atoms. The van der Waals surface area contributed by atoms with Crippen LogP contribution in [0.3, 0.4) is 0 Å². The number of hydrogen-bond donors (Lipinski definition) is 0. The van der Waals surface area contributed by atoms with E-state index in [2.05, 4.69) is 24.3 Å². The summed E-state index contributed by atoms with van der Waals surface area (Å²) in [5, 5.41) is 2.10. The number of rotatable bonds is 7. The van der Waals surface area contributed by atoms with Crippen LogP contribution in [0, 0.1) is 12.3 Å². The predicted molar refractivity (Wildman–Crippen MR) is 69.3 cm³/mol.